The van der Waals surface area contributed by atoms with E-state index < -0.39 is 29.7 Å². The van der Waals surface area contributed by atoms with E-state index >= 15 is 0 Å². The molecule has 4 aromatic rings. The van der Waals surface area contributed by atoms with Crippen molar-refractivity contribution in [3.8, 4) is 11.3 Å². The Morgan fingerprint density at radius 2 is 1.79 bits per heavy atom. The van der Waals surface area contributed by atoms with Crippen molar-refractivity contribution in [2.45, 2.75) is 50.2 Å². The van der Waals surface area contributed by atoms with E-state index in [4.69, 9.17) is 16.6 Å². The second-order valence-electron chi connectivity index (χ2n) is 12.7. The number of carbonyl (C=O) groups is 4. The Labute approximate surface area is 275 Å². The lowest BCUT2D eigenvalue weighted by Gasteiger charge is -2.39. The molecule has 3 fully saturated rings. The molecule has 4 aliphatic rings. The van der Waals surface area contributed by atoms with Gasteiger partial charge in [-0.15, -0.1) is 0 Å². The molecule has 2 aromatic carbocycles. The van der Waals surface area contributed by atoms with E-state index in [1.54, 1.807) is 18.3 Å². The maximum absolute atomic E-state index is 13.7. The van der Waals surface area contributed by atoms with Gasteiger partial charge in [0.2, 0.25) is 17.8 Å². The number of amides is 4. The summed E-state index contributed by atoms with van der Waals surface area (Å²) in [5, 5.41) is 7.33. The number of piperidine rings is 2. The van der Waals surface area contributed by atoms with Crippen molar-refractivity contribution in [3.63, 3.8) is 0 Å². The molecule has 13 heteroatoms. The molecule has 6 heterocycles. The molecule has 3 N–H and O–H groups in total. The molecule has 2 aromatic heterocycles. The van der Waals surface area contributed by atoms with E-state index in [0.717, 1.165) is 60.3 Å². The predicted molar refractivity (Wildman–Crippen MR) is 176 cm³/mol. The van der Waals surface area contributed by atoms with Crippen molar-refractivity contribution in [1.82, 2.24) is 30.1 Å². The summed E-state index contributed by atoms with van der Waals surface area (Å²) in [4.78, 5) is 69.6. The number of aromatic amines is 1. The standard InChI is InChI=1S/C34H33ClN8O4/c35-24-16-37-34(40-30(24)23-15-36-25-8-2-1-6-21(23)25)38-19-12-14-41(17-19)20-5-4-13-42(18-20)26-9-3-7-22-29(26)33(47)43(32(22)46)27-10-11-28(44)39-31(27)45/h1-3,6-9,15-16,19-20,27,36H,4-5,10-14,17-18H2,(H,37,38,40)(H,39,44,45). The van der Waals surface area contributed by atoms with Crippen LogP contribution in [-0.2, 0) is 9.59 Å². The molecule has 3 atom stereocenters. The first kappa shape index (κ1) is 29.6. The molecule has 0 radical (unpaired) electrons. The summed E-state index contributed by atoms with van der Waals surface area (Å²) in [6, 6.07) is 12.8. The number of aromatic nitrogens is 3. The number of halogens is 1. The SMILES string of the molecule is O=C1CCC(N2C(=O)c3cccc(N4CCCC(N5CCC(Nc6ncc(Cl)c(-c7c[nH]c8ccccc78)n6)C5)C4)c3C2=O)C(=O)N1. The van der Waals surface area contributed by atoms with Crippen molar-refractivity contribution in [2.75, 3.05) is 36.4 Å². The first-order valence-electron chi connectivity index (χ1n) is 16.0. The number of hydrogen-bond donors (Lipinski definition) is 3. The molecule has 0 bridgehead atoms. The van der Waals surface area contributed by atoms with Crippen LogP contribution in [-0.4, -0.2) is 92.7 Å². The molecule has 0 spiro atoms. The van der Waals surface area contributed by atoms with Gasteiger partial charge in [0.1, 0.15) is 6.04 Å². The number of nitrogens with one attached hydrogen (secondary N) is 3. The third-order valence-electron chi connectivity index (χ3n) is 9.84. The lowest BCUT2D eigenvalue weighted by molar-refractivity contribution is -0.136. The topological polar surface area (TPSA) is 144 Å². The number of imide groups is 2. The first-order chi connectivity index (χ1) is 22.9. The molecule has 240 valence electrons. The summed E-state index contributed by atoms with van der Waals surface area (Å²) in [7, 11) is 0. The van der Waals surface area contributed by atoms with Gasteiger partial charge in [0, 0.05) is 67.3 Å². The number of likely N-dealkylation sites (tertiary alicyclic amines) is 1. The van der Waals surface area contributed by atoms with Crippen LogP contribution in [0.5, 0.6) is 0 Å². The van der Waals surface area contributed by atoms with Crippen LogP contribution >= 0.6 is 11.6 Å². The molecule has 3 saturated heterocycles. The zero-order valence-electron chi connectivity index (χ0n) is 25.5. The summed E-state index contributed by atoms with van der Waals surface area (Å²) in [6.07, 6.45) is 6.68. The van der Waals surface area contributed by atoms with E-state index in [1.807, 2.05) is 36.5 Å². The Bertz CT molecular complexity index is 1940. The van der Waals surface area contributed by atoms with Gasteiger partial charge in [-0.2, -0.15) is 0 Å². The Hall–Kier alpha value is -4.81. The van der Waals surface area contributed by atoms with Gasteiger partial charge in [0.15, 0.2) is 0 Å². The maximum Gasteiger partial charge on any atom is 0.264 e. The number of anilines is 2. The summed E-state index contributed by atoms with van der Waals surface area (Å²) in [6.45, 7) is 3.20. The third-order valence-corrected chi connectivity index (χ3v) is 10.1. The van der Waals surface area contributed by atoms with Gasteiger partial charge in [0.05, 0.1) is 33.7 Å². The van der Waals surface area contributed by atoms with Crippen molar-refractivity contribution >= 4 is 57.8 Å². The zero-order valence-corrected chi connectivity index (χ0v) is 26.3. The minimum Gasteiger partial charge on any atom is -0.369 e. The maximum atomic E-state index is 13.7. The number of H-pyrrole nitrogens is 1. The van der Waals surface area contributed by atoms with Crippen molar-refractivity contribution < 1.29 is 19.2 Å². The highest BCUT2D eigenvalue weighted by atomic mass is 35.5. The van der Waals surface area contributed by atoms with Crippen LogP contribution in [0.1, 0.15) is 52.8 Å². The molecular formula is C34H33ClN8O4. The Kier molecular flexibility index (Phi) is 7.41. The van der Waals surface area contributed by atoms with E-state index in [2.05, 4.69) is 30.4 Å². The van der Waals surface area contributed by atoms with E-state index in [0.29, 0.717) is 40.0 Å². The average Bonchev–Trinajstić information content (AvgIpc) is 3.79. The van der Waals surface area contributed by atoms with Crippen LogP contribution in [0.2, 0.25) is 5.02 Å². The van der Waals surface area contributed by atoms with Gasteiger partial charge in [-0.05, 0) is 43.9 Å². The van der Waals surface area contributed by atoms with Crippen LogP contribution in [0.25, 0.3) is 22.2 Å². The summed E-state index contributed by atoms with van der Waals surface area (Å²) in [5.74, 6) is -1.42. The van der Waals surface area contributed by atoms with Gasteiger partial charge in [0.25, 0.3) is 11.8 Å². The number of benzene rings is 2. The van der Waals surface area contributed by atoms with Crippen LogP contribution < -0.4 is 15.5 Å². The minimum atomic E-state index is -0.987. The molecule has 4 aliphatic heterocycles. The molecule has 0 saturated carbocycles. The monoisotopic (exact) mass is 652 g/mol. The molecule has 47 heavy (non-hydrogen) atoms. The fraction of sp³-hybridized carbons (Fsp3) is 0.353. The highest BCUT2D eigenvalue weighted by Gasteiger charge is 2.46. The zero-order chi connectivity index (χ0) is 32.2. The number of rotatable bonds is 6. The van der Waals surface area contributed by atoms with Crippen LogP contribution in [0.15, 0.2) is 54.9 Å². The van der Waals surface area contributed by atoms with Gasteiger partial charge in [-0.1, -0.05) is 35.9 Å². The van der Waals surface area contributed by atoms with Gasteiger partial charge in [-0.3, -0.25) is 34.3 Å². The largest absolute Gasteiger partial charge is 0.369 e. The van der Waals surface area contributed by atoms with E-state index in [9.17, 15) is 19.2 Å². The second-order valence-corrected chi connectivity index (χ2v) is 13.1. The molecule has 0 aliphatic carbocycles. The van der Waals surface area contributed by atoms with Crippen molar-refractivity contribution in [3.05, 3.63) is 71.0 Å². The average molecular weight is 653 g/mol. The number of para-hydroxylation sites is 1. The Morgan fingerprint density at radius 1 is 0.915 bits per heavy atom. The van der Waals surface area contributed by atoms with Crippen LogP contribution in [0.4, 0.5) is 11.6 Å². The normalized spacial score (nSPS) is 23.5. The van der Waals surface area contributed by atoms with Gasteiger partial charge >= 0.3 is 0 Å². The molecule has 4 amide bonds. The fourth-order valence-corrected chi connectivity index (χ4v) is 7.74. The van der Waals surface area contributed by atoms with Crippen molar-refractivity contribution in [2.24, 2.45) is 0 Å². The summed E-state index contributed by atoms with van der Waals surface area (Å²) in [5.41, 5.74) is 3.99. The smallest absolute Gasteiger partial charge is 0.264 e. The number of nitrogens with zero attached hydrogens (tertiary/aromatic N) is 5. The molecule has 12 nitrogen and oxygen atoms in total. The summed E-state index contributed by atoms with van der Waals surface area (Å²) >= 11 is 6.55. The molecule has 3 unspecified atom stereocenters. The second kappa shape index (κ2) is 11.8. The highest BCUT2D eigenvalue weighted by Crippen LogP contribution is 2.37. The van der Waals surface area contributed by atoms with Gasteiger partial charge in [-0.25, -0.2) is 9.97 Å². The van der Waals surface area contributed by atoms with Gasteiger partial charge < -0.3 is 15.2 Å². The van der Waals surface area contributed by atoms with Crippen LogP contribution in [0.3, 0.4) is 0 Å². The van der Waals surface area contributed by atoms with Crippen LogP contribution in [0, 0.1) is 0 Å². The van der Waals surface area contributed by atoms with E-state index in [1.165, 1.54) is 0 Å². The Morgan fingerprint density at radius 3 is 2.66 bits per heavy atom. The lowest BCUT2D eigenvalue weighted by Crippen LogP contribution is -2.54. The lowest BCUT2D eigenvalue weighted by atomic mass is 10.0. The number of hydrogen-bond acceptors (Lipinski definition) is 9. The molecular weight excluding hydrogens is 620 g/mol. The van der Waals surface area contributed by atoms with E-state index in [-0.39, 0.29) is 24.9 Å². The first-order valence-corrected chi connectivity index (χ1v) is 16.4. The third kappa shape index (κ3) is 5.21. The number of carbonyl (C=O) groups excluding carboxylic acids is 4. The minimum absolute atomic E-state index is 0.0888. The Balaban J connectivity index is 0.959. The quantitative estimate of drug-likeness (QED) is 0.265. The number of fused-ring (bicyclic) bond motifs is 2. The van der Waals surface area contributed by atoms with Crippen molar-refractivity contribution in [1.29, 1.82) is 0 Å². The molecule has 8 rings (SSSR count). The summed E-state index contributed by atoms with van der Waals surface area (Å²) < 4.78 is 0. The highest BCUT2D eigenvalue weighted by molar-refractivity contribution is 6.33. The predicted octanol–water partition coefficient (Wildman–Crippen LogP) is 3.83. The fourth-order valence-electron chi connectivity index (χ4n) is 7.54.